The van der Waals surface area contributed by atoms with E-state index in [4.69, 9.17) is 0 Å². The first-order valence-electron chi connectivity index (χ1n) is 12.0. The number of hydrogen-bond donors (Lipinski definition) is 6. The standard InChI is InChI=1S/C26H36N2O4.2BrH/c29-23-13-17-5-7-21(11-19(17)15-25(23)31)27-9-3-1-2-4-10-28-22-8-6-18-14-24(30)26(32)16-20(18)12-22;;/h13-16,21-22,27-32H,1-12H2;2*1H. The number of benzene rings is 2. The lowest BCUT2D eigenvalue weighted by Crippen LogP contribution is -2.35. The lowest BCUT2D eigenvalue weighted by Gasteiger charge is -2.26. The average Bonchev–Trinajstić information content (AvgIpc) is 2.77. The number of halogens is 2. The van der Waals surface area contributed by atoms with Crippen LogP contribution in [0.4, 0.5) is 0 Å². The Bertz CT molecular complexity index is 866. The topological polar surface area (TPSA) is 105 Å². The maximum absolute atomic E-state index is 9.73. The fraction of sp³-hybridized carbons (Fsp3) is 0.538. The Morgan fingerprint density at radius 3 is 1.29 bits per heavy atom. The molecule has 2 unspecified atom stereocenters. The van der Waals surface area contributed by atoms with Crippen molar-refractivity contribution in [3.8, 4) is 23.0 Å². The number of phenolic OH excluding ortho intramolecular Hbond substituents is 4. The van der Waals surface area contributed by atoms with Gasteiger partial charge in [-0.2, -0.15) is 0 Å². The lowest BCUT2D eigenvalue weighted by molar-refractivity contribution is 0.396. The van der Waals surface area contributed by atoms with Crippen LogP contribution in [0.5, 0.6) is 23.0 Å². The first-order chi connectivity index (χ1) is 15.5. The largest absolute Gasteiger partial charge is 0.504 e. The summed E-state index contributed by atoms with van der Waals surface area (Å²) in [7, 11) is 0. The molecule has 0 saturated heterocycles. The lowest BCUT2D eigenvalue weighted by atomic mass is 9.87. The minimum absolute atomic E-state index is 0. The van der Waals surface area contributed by atoms with E-state index in [2.05, 4.69) is 10.6 Å². The molecule has 0 aromatic heterocycles. The summed E-state index contributed by atoms with van der Waals surface area (Å²) in [5, 5.41) is 46.1. The van der Waals surface area contributed by atoms with Gasteiger partial charge >= 0.3 is 0 Å². The first-order valence-corrected chi connectivity index (χ1v) is 12.0. The van der Waals surface area contributed by atoms with Crippen molar-refractivity contribution in [3.05, 3.63) is 46.5 Å². The molecule has 4 rings (SSSR count). The van der Waals surface area contributed by atoms with Crippen LogP contribution in [0.15, 0.2) is 24.3 Å². The highest BCUT2D eigenvalue weighted by Crippen LogP contribution is 2.33. The molecule has 0 saturated carbocycles. The van der Waals surface area contributed by atoms with Gasteiger partial charge in [-0.3, -0.25) is 0 Å². The van der Waals surface area contributed by atoms with Gasteiger partial charge in [-0.05, 0) is 111 Å². The maximum Gasteiger partial charge on any atom is 0.157 e. The van der Waals surface area contributed by atoms with Crippen molar-refractivity contribution < 1.29 is 20.4 Å². The third-order valence-electron chi connectivity index (χ3n) is 7.02. The van der Waals surface area contributed by atoms with Crippen LogP contribution in [0, 0.1) is 0 Å². The van der Waals surface area contributed by atoms with Crippen molar-refractivity contribution in [1.29, 1.82) is 0 Å². The smallest absolute Gasteiger partial charge is 0.157 e. The van der Waals surface area contributed by atoms with Gasteiger partial charge in [0.05, 0.1) is 0 Å². The molecule has 2 aromatic carbocycles. The van der Waals surface area contributed by atoms with Crippen LogP contribution >= 0.6 is 34.0 Å². The van der Waals surface area contributed by atoms with Gasteiger partial charge in [-0.25, -0.2) is 0 Å². The van der Waals surface area contributed by atoms with Crippen LogP contribution in [-0.4, -0.2) is 45.6 Å². The molecule has 0 spiro atoms. The molecule has 2 atom stereocenters. The normalized spacial score (nSPS) is 18.8. The third kappa shape index (κ3) is 7.51. The van der Waals surface area contributed by atoms with Crippen LogP contribution in [0.3, 0.4) is 0 Å². The summed E-state index contributed by atoms with van der Waals surface area (Å²) in [5.41, 5.74) is 4.60. The van der Waals surface area contributed by atoms with Crippen molar-refractivity contribution >= 4 is 34.0 Å². The zero-order chi connectivity index (χ0) is 22.5. The molecule has 0 aliphatic heterocycles. The first kappa shape index (κ1) is 28.8. The van der Waals surface area contributed by atoms with E-state index in [1.54, 1.807) is 24.3 Å². The molecule has 2 aliphatic rings. The Morgan fingerprint density at radius 1 is 0.559 bits per heavy atom. The maximum atomic E-state index is 9.73. The van der Waals surface area contributed by atoms with E-state index in [0.717, 1.165) is 73.9 Å². The summed E-state index contributed by atoms with van der Waals surface area (Å²) in [4.78, 5) is 0. The van der Waals surface area contributed by atoms with Gasteiger partial charge in [0.25, 0.3) is 0 Å². The number of fused-ring (bicyclic) bond motifs is 2. The number of nitrogens with one attached hydrogen (secondary N) is 2. The molecule has 0 radical (unpaired) electrons. The Kier molecular flexibility index (Phi) is 11.5. The summed E-state index contributed by atoms with van der Waals surface area (Å²) in [6.07, 6.45) is 10.6. The van der Waals surface area contributed by atoms with E-state index in [9.17, 15) is 20.4 Å². The van der Waals surface area contributed by atoms with E-state index in [-0.39, 0.29) is 57.0 Å². The van der Waals surface area contributed by atoms with E-state index in [1.165, 1.54) is 25.7 Å². The number of aryl methyl sites for hydroxylation is 2. The molecule has 6 N–H and O–H groups in total. The summed E-state index contributed by atoms with van der Waals surface area (Å²) in [6, 6.07) is 7.73. The number of aromatic hydroxyl groups is 4. The predicted octanol–water partition coefficient (Wildman–Crippen LogP) is 4.82. The van der Waals surface area contributed by atoms with Crippen LogP contribution in [0.2, 0.25) is 0 Å². The van der Waals surface area contributed by atoms with Crippen molar-refractivity contribution in [2.24, 2.45) is 0 Å². The van der Waals surface area contributed by atoms with Crippen LogP contribution in [0.25, 0.3) is 0 Å². The SMILES string of the molecule is Br.Br.Oc1cc2c(cc1O)CC(NCCCCCCNC1CCc3cc(O)c(O)cc3C1)CC2. The molecule has 0 heterocycles. The molecule has 190 valence electrons. The van der Waals surface area contributed by atoms with Crippen molar-refractivity contribution in [2.45, 2.75) is 76.3 Å². The van der Waals surface area contributed by atoms with Gasteiger partial charge < -0.3 is 31.1 Å². The van der Waals surface area contributed by atoms with Gasteiger partial charge in [-0.1, -0.05) is 12.8 Å². The van der Waals surface area contributed by atoms with Gasteiger partial charge in [0.15, 0.2) is 23.0 Å². The monoisotopic (exact) mass is 600 g/mol. The number of phenols is 4. The molecular weight excluding hydrogens is 564 g/mol. The summed E-state index contributed by atoms with van der Waals surface area (Å²) in [6.45, 7) is 2.04. The summed E-state index contributed by atoms with van der Waals surface area (Å²) < 4.78 is 0. The van der Waals surface area contributed by atoms with Crippen LogP contribution in [0.1, 0.15) is 60.8 Å². The molecule has 8 heteroatoms. The fourth-order valence-electron chi connectivity index (χ4n) is 5.13. The molecule has 6 nitrogen and oxygen atoms in total. The summed E-state index contributed by atoms with van der Waals surface area (Å²) in [5.74, 6) is -0.0733. The quantitative estimate of drug-likeness (QED) is 0.182. The zero-order valence-electron chi connectivity index (χ0n) is 19.6. The van der Waals surface area contributed by atoms with Crippen LogP contribution in [-0.2, 0) is 25.7 Å². The Labute approximate surface area is 223 Å². The second-order valence-electron chi connectivity index (χ2n) is 9.42. The van der Waals surface area contributed by atoms with E-state index in [1.807, 2.05) is 0 Å². The van der Waals surface area contributed by atoms with Gasteiger partial charge in [0.2, 0.25) is 0 Å². The van der Waals surface area contributed by atoms with Gasteiger partial charge in [0, 0.05) is 12.1 Å². The second-order valence-corrected chi connectivity index (χ2v) is 9.42. The Hall–Kier alpha value is -1.48. The number of unbranched alkanes of at least 4 members (excludes halogenated alkanes) is 3. The molecule has 0 amide bonds. The van der Waals surface area contributed by atoms with E-state index < -0.39 is 0 Å². The Morgan fingerprint density at radius 2 is 0.912 bits per heavy atom. The highest BCUT2D eigenvalue weighted by atomic mass is 79.9. The molecule has 2 aromatic rings. The van der Waals surface area contributed by atoms with E-state index >= 15 is 0 Å². The molecule has 0 fully saturated rings. The Balaban J connectivity index is 0.00000204. The molecule has 2 aliphatic carbocycles. The zero-order valence-corrected chi connectivity index (χ0v) is 23.0. The highest BCUT2D eigenvalue weighted by Gasteiger charge is 2.21. The van der Waals surface area contributed by atoms with Crippen molar-refractivity contribution in [2.75, 3.05) is 13.1 Å². The van der Waals surface area contributed by atoms with Gasteiger partial charge in [-0.15, -0.1) is 34.0 Å². The summed E-state index contributed by atoms with van der Waals surface area (Å²) >= 11 is 0. The molecule has 34 heavy (non-hydrogen) atoms. The minimum Gasteiger partial charge on any atom is -0.504 e. The fourth-order valence-corrected chi connectivity index (χ4v) is 5.13. The highest BCUT2D eigenvalue weighted by molar-refractivity contribution is 8.93. The predicted molar refractivity (Wildman–Crippen MR) is 146 cm³/mol. The third-order valence-corrected chi connectivity index (χ3v) is 7.02. The van der Waals surface area contributed by atoms with Crippen LogP contribution < -0.4 is 10.6 Å². The second kappa shape index (κ2) is 13.6. The van der Waals surface area contributed by atoms with E-state index in [0.29, 0.717) is 12.1 Å². The average molecular weight is 602 g/mol. The minimum atomic E-state index is -0.0205. The van der Waals surface area contributed by atoms with Gasteiger partial charge in [0.1, 0.15) is 0 Å². The number of hydrogen-bond acceptors (Lipinski definition) is 6. The molecular formula is C26H38Br2N2O4. The number of rotatable bonds is 9. The molecule has 0 bridgehead atoms. The van der Waals surface area contributed by atoms with Crippen molar-refractivity contribution in [3.63, 3.8) is 0 Å². The van der Waals surface area contributed by atoms with Crippen molar-refractivity contribution in [1.82, 2.24) is 10.6 Å².